The minimum absolute atomic E-state index is 0.00786. The molecule has 9 heteroatoms. The second kappa shape index (κ2) is 5.12. The molecule has 0 fully saturated rings. The summed E-state index contributed by atoms with van der Waals surface area (Å²) in [5.41, 5.74) is 0.239. The molecule has 0 aliphatic heterocycles. The van der Waals surface area contributed by atoms with Gasteiger partial charge < -0.3 is 11.2 Å². The number of aromatic amines is 1. The first-order chi connectivity index (χ1) is 9.11. The Labute approximate surface area is 106 Å². The minimum Gasteiger partial charge on any atom is -0.333 e. The van der Waals surface area contributed by atoms with Crippen LogP contribution in [-0.2, 0) is 0 Å². The average Bonchev–Trinajstić information content (AvgIpc) is 2.76. The summed E-state index contributed by atoms with van der Waals surface area (Å²) in [6, 6.07) is 5.32. The molecule has 0 aliphatic rings. The van der Waals surface area contributed by atoms with Gasteiger partial charge in [-0.1, -0.05) is 0 Å². The van der Waals surface area contributed by atoms with Crippen molar-refractivity contribution in [1.29, 1.82) is 0 Å². The molecule has 98 valence electrons. The van der Waals surface area contributed by atoms with Crippen LogP contribution < -0.4 is 11.2 Å². The van der Waals surface area contributed by atoms with Crippen molar-refractivity contribution in [2.45, 2.75) is 0 Å². The summed E-state index contributed by atoms with van der Waals surface area (Å²) in [7, 11) is 0. The van der Waals surface area contributed by atoms with Gasteiger partial charge in [0.15, 0.2) is 5.69 Å². The van der Waals surface area contributed by atoms with E-state index in [9.17, 15) is 14.5 Å². The standard InChI is InChI=1S/C10H9FN6O2/c11-6-1-3-7(4-2-6)14-10-9(17(18)19)8(5-13-12)15-16-10/h1-5H,12H2,(H2,14,15,16)/b13-5+. The first kappa shape index (κ1) is 12.5. The molecule has 0 spiro atoms. The number of rotatable bonds is 4. The van der Waals surface area contributed by atoms with Crippen molar-refractivity contribution in [3.05, 3.63) is 45.9 Å². The monoisotopic (exact) mass is 264 g/mol. The predicted molar refractivity (Wildman–Crippen MR) is 66.7 cm³/mol. The van der Waals surface area contributed by atoms with Crippen LogP contribution in [0.4, 0.5) is 21.6 Å². The van der Waals surface area contributed by atoms with Crippen LogP contribution in [-0.4, -0.2) is 21.3 Å². The van der Waals surface area contributed by atoms with Gasteiger partial charge in [0.2, 0.25) is 5.82 Å². The SMILES string of the molecule is N/N=C/c1[nH]nc(Nc2ccc(F)cc2)c1[N+](=O)[O-]. The van der Waals surface area contributed by atoms with E-state index in [-0.39, 0.29) is 17.2 Å². The van der Waals surface area contributed by atoms with Crippen LogP contribution in [0.1, 0.15) is 5.69 Å². The molecule has 1 aromatic carbocycles. The second-order valence-corrected chi connectivity index (χ2v) is 3.50. The highest BCUT2D eigenvalue weighted by molar-refractivity contribution is 5.87. The smallest absolute Gasteiger partial charge is 0.333 e. The van der Waals surface area contributed by atoms with Gasteiger partial charge in [0, 0.05) is 5.69 Å². The number of hydrazone groups is 1. The van der Waals surface area contributed by atoms with Crippen molar-refractivity contribution in [2.75, 3.05) is 5.32 Å². The molecule has 0 saturated carbocycles. The van der Waals surface area contributed by atoms with E-state index in [1.54, 1.807) is 0 Å². The third kappa shape index (κ3) is 2.65. The van der Waals surface area contributed by atoms with E-state index in [1.807, 2.05) is 0 Å². The zero-order chi connectivity index (χ0) is 13.8. The van der Waals surface area contributed by atoms with Crippen LogP contribution >= 0.6 is 0 Å². The zero-order valence-corrected chi connectivity index (χ0v) is 9.50. The number of halogens is 1. The van der Waals surface area contributed by atoms with Crippen LogP contribution in [0, 0.1) is 15.9 Å². The van der Waals surface area contributed by atoms with Crippen molar-refractivity contribution in [1.82, 2.24) is 10.2 Å². The summed E-state index contributed by atoms with van der Waals surface area (Å²) in [6.45, 7) is 0. The molecule has 0 saturated heterocycles. The van der Waals surface area contributed by atoms with Gasteiger partial charge in [-0.2, -0.15) is 5.10 Å². The van der Waals surface area contributed by atoms with Crippen molar-refractivity contribution < 1.29 is 9.31 Å². The van der Waals surface area contributed by atoms with Crippen molar-refractivity contribution in [2.24, 2.45) is 10.9 Å². The third-order valence-corrected chi connectivity index (χ3v) is 2.26. The van der Waals surface area contributed by atoms with Crippen molar-refractivity contribution >= 4 is 23.4 Å². The lowest BCUT2D eigenvalue weighted by Gasteiger charge is -2.01. The van der Waals surface area contributed by atoms with Gasteiger partial charge in [0.1, 0.15) is 5.82 Å². The molecule has 1 heterocycles. The van der Waals surface area contributed by atoms with E-state index >= 15 is 0 Å². The summed E-state index contributed by atoms with van der Waals surface area (Å²) < 4.78 is 12.7. The number of benzene rings is 1. The van der Waals surface area contributed by atoms with Crippen LogP contribution in [0.5, 0.6) is 0 Å². The molecule has 8 nitrogen and oxygen atoms in total. The number of nitrogens with two attached hydrogens (primary N) is 1. The number of aromatic nitrogens is 2. The van der Waals surface area contributed by atoms with E-state index < -0.39 is 10.7 Å². The van der Waals surface area contributed by atoms with Gasteiger partial charge in [-0.05, 0) is 24.3 Å². The molecule has 1 aromatic heterocycles. The van der Waals surface area contributed by atoms with E-state index in [0.717, 1.165) is 6.21 Å². The number of H-pyrrole nitrogens is 1. The van der Waals surface area contributed by atoms with Gasteiger partial charge >= 0.3 is 5.69 Å². The van der Waals surface area contributed by atoms with Crippen molar-refractivity contribution in [3.8, 4) is 0 Å². The highest BCUT2D eigenvalue weighted by Crippen LogP contribution is 2.27. The molecule has 0 unspecified atom stereocenters. The number of nitro groups is 1. The first-order valence-electron chi connectivity index (χ1n) is 5.10. The number of hydrogen-bond acceptors (Lipinski definition) is 6. The predicted octanol–water partition coefficient (Wildman–Crippen LogP) is 1.49. The molecular formula is C10H9FN6O2. The maximum Gasteiger partial charge on any atom is 0.339 e. The lowest BCUT2D eigenvalue weighted by Crippen LogP contribution is -1.98. The molecule has 0 bridgehead atoms. The summed E-state index contributed by atoms with van der Waals surface area (Å²) >= 11 is 0. The van der Waals surface area contributed by atoms with E-state index in [0.29, 0.717) is 5.69 Å². The molecule has 4 N–H and O–H groups in total. The molecule has 2 aromatic rings. The molecular weight excluding hydrogens is 255 g/mol. The van der Waals surface area contributed by atoms with Gasteiger partial charge in [-0.25, -0.2) is 4.39 Å². The normalized spacial score (nSPS) is 10.8. The second-order valence-electron chi connectivity index (χ2n) is 3.50. The maximum absolute atomic E-state index is 12.7. The fourth-order valence-corrected chi connectivity index (χ4v) is 1.46. The Morgan fingerprint density at radius 2 is 2.16 bits per heavy atom. The molecule has 0 amide bonds. The van der Waals surface area contributed by atoms with E-state index in [1.165, 1.54) is 24.3 Å². The largest absolute Gasteiger partial charge is 0.339 e. The number of nitrogens with one attached hydrogen (secondary N) is 2. The Balaban J connectivity index is 2.34. The maximum atomic E-state index is 12.7. The van der Waals surface area contributed by atoms with E-state index in [4.69, 9.17) is 5.84 Å². The summed E-state index contributed by atoms with van der Waals surface area (Å²) in [5.74, 6) is 4.53. The van der Waals surface area contributed by atoms with Gasteiger partial charge in [-0.3, -0.25) is 15.2 Å². The topological polar surface area (TPSA) is 122 Å². The zero-order valence-electron chi connectivity index (χ0n) is 9.50. The number of nitrogens with zero attached hydrogens (tertiary/aromatic N) is 3. The Bertz CT molecular complexity index is 621. The number of hydrogen-bond donors (Lipinski definition) is 3. The lowest BCUT2D eigenvalue weighted by atomic mass is 10.3. The molecule has 19 heavy (non-hydrogen) atoms. The Hall–Kier alpha value is -2.97. The first-order valence-corrected chi connectivity index (χ1v) is 5.10. The molecule has 2 rings (SSSR count). The van der Waals surface area contributed by atoms with Gasteiger partial charge in [-0.15, -0.1) is 5.10 Å². The molecule has 0 atom stereocenters. The van der Waals surface area contributed by atoms with Crippen LogP contribution in [0.15, 0.2) is 29.4 Å². The molecule has 0 aliphatic carbocycles. The fraction of sp³-hybridized carbons (Fsp3) is 0. The van der Waals surface area contributed by atoms with Crippen LogP contribution in [0.25, 0.3) is 0 Å². The minimum atomic E-state index is -0.619. The lowest BCUT2D eigenvalue weighted by molar-refractivity contribution is -0.384. The summed E-state index contributed by atoms with van der Waals surface area (Å²) in [6.07, 6.45) is 1.08. The number of anilines is 2. The highest BCUT2D eigenvalue weighted by Gasteiger charge is 2.23. The average molecular weight is 264 g/mol. The fourth-order valence-electron chi connectivity index (χ4n) is 1.46. The Morgan fingerprint density at radius 3 is 2.74 bits per heavy atom. The Morgan fingerprint density at radius 1 is 1.47 bits per heavy atom. The van der Waals surface area contributed by atoms with Gasteiger partial charge in [0.05, 0.1) is 11.1 Å². The quantitative estimate of drug-likeness (QED) is 0.334. The van der Waals surface area contributed by atoms with Crippen LogP contribution in [0.2, 0.25) is 0 Å². The summed E-state index contributed by atoms with van der Waals surface area (Å²) in [4.78, 5) is 10.3. The Kier molecular flexibility index (Phi) is 3.37. The highest BCUT2D eigenvalue weighted by atomic mass is 19.1. The van der Waals surface area contributed by atoms with Crippen molar-refractivity contribution in [3.63, 3.8) is 0 Å². The van der Waals surface area contributed by atoms with Crippen LogP contribution in [0.3, 0.4) is 0 Å². The third-order valence-electron chi connectivity index (χ3n) is 2.26. The molecule has 0 radical (unpaired) electrons. The van der Waals surface area contributed by atoms with Gasteiger partial charge in [0.25, 0.3) is 0 Å². The summed E-state index contributed by atoms with van der Waals surface area (Å²) in [5, 5.41) is 23.1. The van der Waals surface area contributed by atoms with E-state index in [2.05, 4.69) is 20.6 Å².